The van der Waals surface area contributed by atoms with Crippen molar-refractivity contribution in [2.24, 2.45) is 10.9 Å². The fourth-order valence-electron chi connectivity index (χ4n) is 5.36. The SMILES string of the molecule is Cc1ccc2c(c1)[C@@H]1C=CC[C@H]1[C@@H](c1ccc(N=Cc3ccc(OCc4ccc(Cl)cc4)cc3)cc1)N2. The predicted octanol–water partition coefficient (Wildman–Crippen LogP) is 8.80. The van der Waals surface area contributed by atoms with Gasteiger partial charge in [-0.15, -0.1) is 0 Å². The van der Waals surface area contributed by atoms with Gasteiger partial charge in [0.1, 0.15) is 12.4 Å². The van der Waals surface area contributed by atoms with Crippen LogP contribution < -0.4 is 10.1 Å². The number of benzene rings is 4. The molecule has 0 saturated heterocycles. The Morgan fingerprint density at radius 2 is 1.73 bits per heavy atom. The standard InChI is InChI=1S/C33H29ClN2O/c1-22-5-18-32-31(19-22)29-3-2-4-30(29)33(36-32)25-10-14-27(15-11-25)35-20-23-8-16-28(17-9-23)37-21-24-6-12-26(34)13-7-24/h2-3,5-20,29-30,33,36H,4,21H2,1H3/t29-,30-,33-/m1/s1. The van der Waals surface area contributed by atoms with Crippen LogP contribution in [0.2, 0.25) is 5.02 Å². The molecule has 6 rings (SSSR count). The predicted molar refractivity (Wildman–Crippen MR) is 153 cm³/mol. The Bertz CT molecular complexity index is 1440. The highest BCUT2D eigenvalue weighted by molar-refractivity contribution is 6.30. The third-order valence-corrected chi connectivity index (χ3v) is 7.58. The largest absolute Gasteiger partial charge is 0.489 e. The van der Waals surface area contributed by atoms with Gasteiger partial charge in [0, 0.05) is 22.8 Å². The van der Waals surface area contributed by atoms with E-state index in [-0.39, 0.29) is 0 Å². The number of aryl methyl sites for hydroxylation is 1. The van der Waals surface area contributed by atoms with E-state index in [1.54, 1.807) is 0 Å². The Kier molecular flexibility index (Phi) is 6.55. The number of anilines is 1. The summed E-state index contributed by atoms with van der Waals surface area (Å²) in [7, 11) is 0. The van der Waals surface area contributed by atoms with Gasteiger partial charge >= 0.3 is 0 Å². The van der Waals surface area contributed by atoms with Gasteiger partial charge in [0.15, 0.2) is 0 Å². The van der Waals surface area contributed by atoms with E-state index in [4.69, 9.17) is 21.3 Å². The average Bonchev–Trinajstić information content (AvgIpc) is 3.43. The molecular weight excluding hydrogens is 476 g/mol. The molecule has 37 heavy (non-hydrogen) atoms. The van der Waals surface area contributed by atoms with E-state index in [1.807, 2.05) is 54.7 Å². The quantitative estimate of drug-likeness (QED) is 0.210. The first-order chi connectivity index (χ1) is 18.1. The van der Waals surface area contributed by atoms with E-state index in [2.05, 4.69) is 66.9 Å². The van der Waals surface area contributed by atoms with Crippen LogP contribution in [0.5, 0.6) is 5.75 Å². The normalized spacial score (nSPS) is 19.9. The molecule has 0 spiro atoms. The number of fused-ring (bicyclic) bond motifs is 3. The molecule has 0 aromatic heterocycles. The van der Waals surface area contributed by atoms with Gasteiger partial charge < -0.3 is 10.1 Å². The number of hydrogen-bond acceptors (Lipinski definition) is 3. The summed E-state index contributed by atoms with van der Waals surface area (Å²) in [4.78, 5) is 4.70. The molecule has 1 aliphatic carbocycles. The molecule has 2 aliphatic rings. The van der Waals surface area contributed by atoms with Crippen molar-refractivity contribution >= 4 is 29.2 Å². The topological polar surface area (TPSA) is 33.6 Å². The highest BCUT2D eigenvalue weighted by Crippen LogP contribution is 2.50. The second-order valence-electron chi connectivity index (χ2n) is 9.90. The minimum atomic E-state index is 0.300. The Balaban J connectivity index is 1.10. The molecule has 4 heteroatoms. The fourth-order valence-corrected chi connectivity index (χ4v) is 5.48. The Morgan fingerprint density at radius 1 is 0.946 bits per heavy atom. The molecule has 1 N–H and O–H groups in total. The van der Waals surface area contributed by atoms with E-state index in [9.17, 15) is 0 Å². The van der Waals surface area contributed by atoms with Crippen molar-refractivity contribution in [2.75, 3.05) is 5.32 Å². The van der Waals surface area contributed by atoms with E-state index in [0.717, 1.165) is 34.0 Å². The van der Waals surface area contributed by atoms with Crippen LogP contribution in [0.3, 0.4) is 0 Å². The van der Waals surface area contributed by atoms with Gasteiger partial charge in [-0.1, -0.05) is 65.7 Å². The van der Waals surface area contributed by atoms with Gasteiger partial charge in [-0.3, -0.25) is 4.99 Å². The molecule has 3 nitrogen and oxygen atoms in total. The van der Waals surface area contributed by atoms with Crippen LogP contribution in [0, 0.1) is 12.8 Å². The molecule has 1 heterocycles. The third-order valence-electron chi connectivity index (χ3n) is 7.33. The Hall–Kier alpha value is -3.82. The summed E-state index contributed by atoms with van der Waals surface area (Å²) in [5.41, 5.74) is 8.37. The Morgan fingerprint density at radius 3 is 2.51 bits per heavy atom. The lowest BCUT2D eigenvalue weighted by Gasteiger charge is -2.37. The van der Waals surface area contributed by atoms with Crippen LogP contribution in [0.4, 0.5) is 11.4 Å². The average molecular weight is 505 g/mol. The molecule has 1 aliphatic heterocycles. The lowest BCUT2D eigenvalue weighted by molar-refractivity contribution is 0.306. The van der Waals surface area contributed by atoms with Crippen LogP contribution >= 0.6 is 11.6 Å². The maximum Gasteiger partial charge on any atom is 0.119 e. The molecule has 0 fully saturated rings. The molecule has 0 bridgehead atoms. The van der Waals surface area contributed by atoms with Crippen LogP contribution in [0.1, 0.15) is 46.2 Å². The summed E-state index contributed by atoms with van der Waals surface area (Å²) < 4.78 is 5.88. The van der Waals surface area contributed by atoms with Crippen molar-refractivity contribution in [1.82, 2.24) is 0 Å². The second-order valence-corrected chi connectivity index (χ2v) is 10.3. The third kappa shape index (κ3) is 5.19. The van der Waals surface area contributed by atoms with Gasteiger partial charge in [-0.05, 0) is 96.1 Å². The zero-order valence-corrected chi connectivity index (χ0v) is 21.5. The summed E-state index contributed by atoms with van der Waals surface area (Å²) in [6, 6.07) is 31.4. The van der Waals surface area contributed by atoms with Crippen LogP contribution in [0.15, 0.2) is 108 Å². The summed E-state index contributed by atoms with van der Waals surface area (Å²) in [5, 5.41) is 4.55. The summed E-state index contributed by atoms with van der Waals surface area (Å²) in [6.07, 6.45) is 7.74. The maximum absolute atomic E-state index is 5.95. The first kappa shape index (κ1) is 23.6. The molecule has 4 aromatic carbocycles. The van der Waals surface area contributed by atoms with Crippen LogP contribution in [-0.2, 0) is 6.61 Å². The molecule has 184 valence electrons. The highest BCUT2D eigenvalue weighted by Gasteiger charge is 2.37. The zero-order valence-electron chi connectivity index (χ0n) is 20.8. The summed E-state index contributed by atoms with van der Waals surface area (Å²) >= 11 is 5.95. The number of nitrogens with zero attached hydrogens (tertiary/aromatic N) is 1. The smallest absolute Gasteiger partial charge is 0.119 e. The summed E-state index contributed by atoms with van der Waals surface area (Å²) in [5.74, 6) is 1.86. The molecular formula is C33H29ClN2O. The molecule has 0 amide bonds. The first-order valence-corrected chi connectivity index (χ1v) is 13.2. The number of ether oxygens (including phenoxy) is 1. The minimum Gasteiger partial charge on any atom is -0.489 e. The molecule has 0 radical (unpaired) electrons. The number of allylic oxidation sites excluding steroid dienone is 2. The lowest BCUT2D eigenvalue weighted by atomic mass is 9.76. The van der Waals surface area contributed by atoms with E-state index < -0.39 is 0 Å². The van der Waals surface area contributed by atoms with Gasteiger partial charge in [-0.25, -0.2) is 0 Å². The van der Waals surface area contributed by atoms with Gasteiger partial charge in [0.05, 0.1) is 11.7 Å². The van der Waals surface area contributed by atoms with Crippen molar-refractivity contribution in [3.63, 3.8) is 0 Å². The van der Waals surface area contributed by atoms with Gasteiger partial charge in [0.2, 0.25) is 0 Å². The number of aliphatic imine (C=N–C) groups is 1. The van der Waals surface area contributed by atoms with E-state index in [0.29, 0.717) is 24.5 Å². The van der Waals surface area contributed by atoms with Crippen LogP contribution in [0.25, 0.3) is 0 Å². The van der Waals surface area contributed by atoms with Crippen molar-refractivity contribution < 1.29 is 4.74 Å². The number of halogens is 1. The fraction of sp³-hybridized carbons (Fsp3) is 0.182. The van der Waals surface area contributed by atoms with E-state index >= 15 is 0 Å². The molecule has 0 unspecified atom stereocenters. The number of hydrogen-bond donors (Lipinski definition) is 1. The summed E-state index contributed by atoms with van der Waals surface area (Å²) in [6.45, 7) is 2.68. The maximum atomic E-state index is 5.95. The second kappa shape index (κ2) is 10.3. The highest BCUT2D eigenvalue weighted by atomic mass is 35.5. The van der Waals surface area contributed by atoms with Crippen molar-refractivity contribution in [3.8, 4) is 5.75 Å². The molecule has 0 saturated carbocycles. The number of nitrogens with one attached hydrogen (secondary N) is 1. The van der Waals surface area contributed by atoms with Gasteiger partial charge in [-0.2, -0.15) is 0 Å². The van der Waals surface area contributed by atoms with Crippen molar-refractivity contribution in [1.29, 1.82) is 0 Å². The van der Waals surface area contributed by atoms with Crippen molar-refractivity contribution in [3.05, 3.63) is 136 Å². The van der Waals surface area contributed by atoms with E-state index in [1.165, 1.54) is 22.4 Å². The minimum absolute atomic E-state index is 0.300. The number of rotatable bonds is 6. The lowest BCUT2D eigenvalue weighted by Crippen LogP contribution is -2.29. The monoisotopic (exact) mass is 504 g/mol. The zero-order chi connectivity index (χ0) is 25.2. The van der Waals surface area contributed by atoms with Gasteiger partial charge in [0.25, 0.3) is 0 Å². The van der Waals surface area contributed by atoms with Crippen LogP contribution in [-0.4, -0.2) is 6.21 Å². The first-order valence-electron chi connectivity index (χ1n) is 12.8. The molecule has 3 atom stereocenters. The van der Waals surface area contributed by atoms with Crippen molar-refractivity contribution in [2.45, 2.75) is 31.9 Å². The Labute approximate surface area is 223 Å². The molecule has 4 aromatic rings.